The summed E-state index contributed by atoms with van der Waals surface area (Å²) in [7, 11) is -2.48. The predicted octanol–water partition coefficient (Wildman–Crippen LogP) is -0.345. The summed E-state index contributed by atoms with van der Waals surface area (Å²) < 4.78 is 30.8. The Kier molecular flexibility index (Phi) is 2.93. The van der Waals surface area contributed by atoms with Crippen LogP contribution in [0.1, 0.15) is 10.6 Å². The molecule has 8 nitrogen and oxygen atoms in total. The Labute approximate surface area is 102 Å². The van der Waals surface area contributed by atoms with E-state index in [9.17, 15) is 13.2 Å². The van der Waals surface area contributed by atoms with E-state index in [0.717, 1.165) is 4.68 Å². The van der Waals surface area contributed by atoms with Gasteiger partial charge < -0.3 is 10.2 Å². The van der Waals surface area contributed by atoms with Gasteiger partial charge in [-0.2, -0.15) is 9.78 Å². The number of nitrogen functional groups attached to an aromatic ring is 1. The van der Waals surface area contributed by atoms with Gasteiger partial charge in [-0.25, -0.2) is 13.1 Å². The molecule has 0 aromatic carbocycles. The topological polar surface area (TPSA) is 120 Å². The molecule has 9 heteroatoms. The minimum absolute atomic E-state index is 0.134. The lowest BCUT2D eigenvalue weighted by Crippen LogP contribution is -2.18. The molecular weight excluding hydrogens is 260 g/mol. The number of furan rings is 1. The second-order valence-corrected chi connectivity index (χ2v) is 5.12. The Bertz CT molecular complexity index is 685. The lowest BCUT2D eigenvalue weighted by molar-refractivity contribution is 0.0915. The van der Waals surface area contributed by atoms with Crippen molar-refractivity contribution in [3.63, 3.8) is 0 Å². The second-order valence-electron chi connectivity index (χ2n) is 3.30. The number of nitrogens with zero attached hydrogens (tertiary/aromatic N) is 2. The van der Waals surface area contributed by atoms with Gasteiger partial charge in [-0.1, -0.05) is 0 Å². The maximum atomic E-state index is 11.9. The Hall–Kier alpha value is -2.13. The Balaban J connectivity index is 2.38. The van der Waals surface area contributed by atoms with Crippen LogP contribution in [0.2, 0.25) is 0 Å². The molecule has 0 bridgehead atoms. The SMILES string of the molecule is CNS(=O)(=O)c1ccc(C(=O)n2nccc2N)o1. The van der Waals surface area contributed by atoms with Crippen molar-refractivity contribution >= 4 is 21.7 Å². The number of carbonyl (C=O) groups is 1. The molecule has 0 saturated heterocycles. The highest BCUT2D eigenvalue weighted by molar-refractivity contribution is 7.89. The third kappa shape index (κ3) is 2.00. The lowest BCUT2D eigenvalue weighted by atomic mass is 10.4. The van der Waals surface area contributed by atoms with Gasteiger partial charge in [-0.3, -0.25) is 4.79 Å². The highest BCUT2D eigenvalue weighted by Gasteiger charge is 2.21. The number of rotatable bonds is 3. The van der Waals surface area contributed by atoms with Crippen LogP contribution in [0.4, 0.5) is 5.82 Å². The van der Waals surface area contributed by atoms with Crippen molar-refractivity contribution < 1.29 is 17.6 Å². The van der Waals surface area contributed by atoms with E-state index < -0.39 is 15.9 Å². The largest absolute Gasteiger partial charge is 0.438 e. The van der Waals surface area contributed by atoms with Gasteiger partial charge in [-0.15, -0.1) is 0 Å². The van der Waals surface area contributed by atoms with Crippen molar-refractivity contribution in [2.75, 3.05) is 12.8 Å². The minimum Gasteiger partial charge on any atom is -0.438 e. The van der Waals surface area contributed by atoms with Crippen LogP contribution in [-0.4, -0.2) is 31.2 Å². The molecule has 2 heterocycles. The van der Waals surface area contributed by atoms with Gasteiger partial charge in [0.1, 0.15) is 5.82 Å². The maximum Gasteiger partial charge on any atom is 0.315 e. The first kappa shape index (κ1) is 12.3. The van der Waals surface area contributed by atoms with Crippen molar-refractivity contribution in [2.45, 2.75) is 5.09 Å². The number of nitrogens with two attached hydrogens (primary N) is 1. The van der Waals surface area contributed by atoms with Gasteiger partial charge >= 0.3 is 5.91 Å². The van der Waals surface area contributed by atoms with Crippen LogP contribution in [0.5, 0.6) is 0 Å². The fourth-order valence-electron chi connectivity index (χ4n) is 1.27. The third-order valence-corrected chi connectivity index (χ3v) is 3.48. The van der Waals surface area contributed by atoms with Gasteiger partial charge in [0, 0.05) is 6.07 Å². The highest BCUT2D eigenvalue weighted by atomic mass is 32.2. The number of nitrogens with one attached hydrogen (secondary N) is 1. The van der Waals surface area contributed by atoms with E-state index >= 15 is 0 Å². The molecule has 0 amide bonds. The van der Waals surface area contributed by atoms with Crippen molar-refractivity contribution in [3.05, 3.63) is 30.2 Å². The molecular formula is C9H10N4O4S. The van der Waals surface area contributed by atoms with E-state index in [1.165, 1.54) is 31.4 Å². The van der Waals surface area contributed by atoms with Crippen LogP contribution in [0.15, 0.2) is 33.9 Å². The molecule has 2 rings (SSSR count). The molecule has 0 aliphatic carbocycles. The number of hydrogen-bond donors (Lipinski definition) is 2. The van der Waals surface area contributed by atoms with Gasteiger partial charge in [0.25, 0.3) is 10.0 Å². The summed E-state index contributed by atoms with van der Waals surface area (Å²) in [5.74, 6) is -0.677. The van der Waals surface area contributed by atoms with Crippen LogP contribution in [0, 0.1) is 0 Å². The van der Waals surface area contributed by atoms with Crippen molar-refractivity contribution in [1.82, 2.24) is 14.5 Å². The number of sulfonamides is 1. The fraction of sp³-hybridized carbons (Fsp3) is 0.111. The maximum absolute atomic E-state index is 11.9. The smallest absolute Gasteiger partial charge is 0.315 e. The first-order chi connectivity index (χ1) is 8.45. The molecule has 2 aromatic rings. The summed E-state index contributed by atoms with van der Waals surface area (Å²) in [6, 6.07) is 3.86. The molecule has 18 heavy (non-hydrogen) atoms. The van der Waals surface area contributed by atoms with Crippen LogP contribution >= 0.6 is 0 Å². The van der Waals surface area contributed by atoms with E-state index in [0.29, 0.717) is 0 Å². The molecule has 0 fully saturated rings. The molecule has 0 unspecified atom stereocenters. The molecule has 0 saturated carbocycles. The number of carbonyl (C=O) groups excluding carboxylic acids is 1. The van der Waals surface area contributed by atoms with Gasteiger partial charge in [0.05, 0.1) is 6.20 Å². The zero-order valence-corrected chi connectivity index (χ0v) is 10.1. The summed E-state index contributed by atoms with van der Waals surface area (Å²) >= 11 is 0. The molecule has 0 aliphatic heterocycles. The van der Waals surface area contributed by atoms with E-state index in [4.69, 9.17) is 10.2 Å². The third-order valence-electron chi connectivity index (χ3n) is 2.19. The monoisotopic (exact) mass is 270 g/mol. The number of aromatic nitrogens is 2. The summed E-state index contributed by atoms with van der Waals surface area (Å²) in [5, 5.41) is 3.35. The first-order valence-electron chi connectivity index (χ1n) is 4.83. The van der Waals surface area contributed by atoms with E-state index in [-0.39, 0.29) is 16.7 Å². The Morgan fingerprint density at radius 1 is 1.44 bits per heavy atom. The number of anilines is 1. The molecule has 0 spiro atoms. The molecule has 96 valence electrons. The molecule has 3 N–H and O–H groups in total. The standard InChI is InChI=1S/C9H10N4O4S/c1-11-18(15,16)8-3-2-6(17-8)9(14)13-7(10)4-5-12-13/h2-5,11H,10H2,1H3. The Morgan fingerprint density at radius 2 is 2.17 bits per heavy atom. The number of hydrogen-bond acceptors (Lipinski definition) is 6. The fourth-order valence-corrected chi connectivity index (χ4v) is 1.92. The van der Waals surface area contributed by atoms with Gasteiger partial charge in [0.2, 0.25) is 5.09 Å². The van der Waals surface area contributed by atoms with Crippen molar-refractivity contribution in [2.24, 2.45) is 0 Å². The summed E-state index contributed by atoms with van der Waals surface area (Å²) in [4.78, 5) is 11.9. The van der Waals surface area contributed by atoms with Crippen LogP contribution in [-0.2, 0) is 10.0 Å². The minimum atomic E-state index is -3.72. The van der Waals surface area contributed by atoms with E-state index in [1.54, 1.807) is 0 Å². The van der Waals surface area contributed by atoms with Gasteiger partial charge in [0.15, 0.2) is 5.76 Å². The second kappa shape index (κ2) is 4.27. The lowest BCUT2D eigenvalue weighted by Gasteiger charge is -1.99. The van der Waals surface area contributed by atoms with Gasteiger partial charge in [-0.05, 0) is 19.2 Å². The van der Waals surface area contributed by atoms with Crippen molar-refractivity contribution in [1.29, 1.82) is 0 Å². The average molecular weight is 270 g/mol. The highest BCUT2D eigenvalue weighted by Crippen LogP contribution is 2.15. The normalized spacial score (nSPS) is 11.6. The quantitative estimate of drug-likeness (QED) is 0.786. The van der Waals surface area contributed by atoms with Crippen molar-refractivity contribution in [3.8, 4) is 0 Å². The zero-order valence-electron chi connectivity index (χ0n) is 9.32. The summed E-state index contributed by atoms with van der Waals surface area (Å²) in [6.45, 7) is 0. The average Bonchev–Trinajstić information content (AvgIpc) is 2.96. The Morgan fingerprint density at radius 3 is 2.72 bits per heavy atom. The van der Waals surface area contributed by atoms with E-state index in [1.807, 2.05) is 0 Å². The van der Waals surface area contributed by atoms with Crippen LogP contribution < -0.4 is 10.5 Å². The molecule has 0 aliphatic rings. The van der Waals surface area contributed by atoms with E-state index in [2.05, 4.69) is 9.82 Å². The molecule has 2 aromatic heterocycles. The first-order valence-corrected chi connectivity index (χ1v) is 6.31. The summed E-state index contributed by atoms with van der Waals surface area (Å²) in [6.07, 6.45) is 1.35. The van der Waals surface area contributed by atoms with Crippen LogP contribution in [0.25, 0.3) is 0 Å². The molecule has 0 atom stereocenters. The van der Waals surface area contributed by atoms with Crippen LogP contribution in [0.3, 0.4) is 0 Å². The molecule has 0 radical (unpaired) electrons. The predicted molar refractivity (Wildman–Crippen MR) is 61.3 cm³/mol. The zero-order chi connectivity index (χ0) is 13.3. The summed E-state index contributed by atoms with van der Waals surface area (Å²) in [5.41, 5.74) is 5.50.